The van der Waals surface area contributed by atoms with E-state index < -0.39 is 0 Å². The van der Waals surface area contributed by atoms with E-state index in [1.165, 1.54) is 0 Å². The van der Waals surface area contributed by atoms with Gasteiger partial charge in [-0.05, 0) is 44.5 Å². The molecule has 0 radical (unpaired) electrons. The molecule has 2 aromatic rings. The number of piperazine rings is 1. The summed E-state index contributed by atoms with van der Waals surface area (Å²) in [5, 5.41) is 14.0. The molecule has 1 aliphatic rings. The van der Waals surface area contributed by atoms with Crippen molar-refractivity contribution < 1.29 is 4.79 Å². The lowest BCUT2D eigenvalue weighted by atomic mass is 10.1. The highest BCUT2D eigenvalue weighted by Gasteiger charge is 2.21. The highest BCUT2D eigenvalue weighted by Crippen LogP contribution is 2.25. The molecule has 0 amide bonds. The van der Waals surface area contributed by atoms with Gasteiger partial charge in [-0.25, -0.2) is 0 Å². The van der Waals surface area contributed by atoms with Gasteiger partial charge in [0.25, 0.3) is 0 Å². The summed E-state index contributed by atoms with van der Waals surface area (Å²) in [7, 11) is 0. The van der Waals surface area contributed by atoms with E-state index >= 15 is 0 Å². The Morgan fingerprint density at radius 2 is 2.00 bits per heavy atom. The summed E-state index contributed by atoms with van der Waals surface area (Å²) in [6.45, 7) is 10.1. The molecule has 5 heteroatoms. The fourth-order valence-corrected chi connectivity index (χ4v) is 3.82. The van der Waals surface area contributed by atoms with E-state index in [0.29, 0.717) is 23.3 Å². The highest BCUT2D eigenvalue weighted by atomic mass is 16.1. The molecular weight excluding hydrogens is 300 g/mol. The van der Waals surface area contributed by atoms with Crippen LogP contribution in [0.1, 0.15) is 35.5 Å². The summed E-state index contributed by atoms with van der Waals surface area (Å²) in [6, 6.07) is 8.98. The Balaban J connectivity index is 1.87. The second-order valence-corrected chi connectivity index (χ2v) is 6.85. The maximum absolute atomic E-state index is 11.1. The Bertz CT molecular complexity index is 792. The van der Waals surface area contributed by atoms with Gasteiger partial charge in [0, 0.05) is 54.7 Å². The normalized spacial score (nSPS) is 21.8. The van der Waals surface area contributed by atoms with Crippen molar-refractivity contribution in [3.8, 4) is 6.07 Å². The highest BCUT2D eigenvalue weighted by molar-refractivity contribution is 5.92. The summed E-state index contributed by atoms with van der Waals surface area (Å²) in [5.41, 5.74) is 3.33. The van der Waals surface area contributed by atoms with Crippen molar-refractivity contribution in [3.05, 3.63) is 35.0 Å². The first-order chi connectivity index (χ1) is 11.5. The van der Waals surface area contributed by atoms with Gasteiger partial charge in [-0.2, -0.15) is 5.26 Å². The maximum atomic E-state index is 11.1. The first-order valence-electron chi connectivity index (χ1n) is 8.50. The zero-order chi connectivity index (χ0) is 17.3. The molecule has 5 nitrogen and oxygen atoms in total. The molecule has 1 aromatic heterocycles. The Labute approximate surface area is 142 Å². The molecule has 126 valence electrons. The zero-order valence-electron chi connectivity index (χ0n) is 14.5. The number of hydrogen-bond acceptors (Lipinski definition) is 4. The molecule has 2 atom stereocenters. The molecule has 1 aromatic carbocycles. The van der Waals surface area contributed by atoms with Crippen molar-refractivity contribution in [2.45, 2.75) is 39.4 Å². The van der Waals surface area contributed by atoms with Crippen LogP contribution in [-0.2, 0) is 6.54 Å². The summed E-state index contributed by atoms with van der Waals surface area (Å²) in [4.78, 5) is 13.6. The van der Waals surface area contributed by atoms with E-state index in [4.69, 9.17) is 0 Å². The largest absolute Gasteiger partial charge is 0.331 e. The Kier molecular flexibility index (Phi) is 4.70. The number of carbonyl (C=O) groups excluding carboxylic acids is 1. The molecule has 1 saturated heterocycles. The lowest BCUT2D eigenvalue weighted by Crippen LogP contribution is -2.54. The third kappa shape index (κ3) is 3.08. The van der Waals surface area contributed by atoms with Crippen molar-refractivity contribution in [1.29, 1.82) is 5.26 Å². The van der Waals surface area contributed by atoms with Crippen LogP contribution in [0.25, 0.3) is 10.9 Å². The fraction of sp³-hybridized carbons (Fsp3) is 0.474. The van der Waals surface area contributed by atoms with Crippen molar-refractivity contribution in [2.24, 2.45) is 0 Å². The average molecular weight is 324 g/mol. The first kappa shape index (κ1) is 16.7. The number of nitriles is 1. The van der Waals surface area contributed by atoms with E-state index in [-0.39, 0.29) is 0 Å². The second-order valence-electron chi connectivity index (χ2n) is 6.85. The minimum atomic E-state index is 0.489. The van der Waals surface area contributed by atoms with Gasteiger partial charge in [0.2, 0.25) is 0 Å². The van der Waals surface area contributed by atoms with E-state index in [0.717, 1.165) is 48.9 Å². The molecule has 1 fully saturated rings. The number of fused-ring (bicyclic) bond motifs is 1. The fourth-order valence-electron chi connectivity index (χ4n) is 3.82. The molecule has 0 saturated carbocycles. The van der Waals surface area contributed by atoms with Crippen LogP contribution in [0, 0.1) is 18.3 Å². The van der Waals surface area contributed by atoms with Gasteiger partial charge in [0.05, 0.1) is 0 Å². The van der Waals surface area contributed by atoms with Crippen LogP contribution in [0.15, 0.2) is 18.2 Å². The molecule has 0 bridgehead atoms. The SMILES string of the molecule is Cc1c(C=O)ccc2c1cc(C#N)n2CCN1C[C@@H](C)N[C@H](C)C1. The van der Waals surface area contributed by atoms with Gasteiger partial charge in [0.1, 0.15) is 18.0 Å². The number of carbonyl (C=O) groups is 1. The summed E-state index contributed by atoms with van der Waals surface area (Å²) < 4.78 is 2.08. The molecule has 3 rings (SSSR count). The molecule has 1 N–H and O–H groups in total. The van der Waals surface area contributed by atoms with Gasteiger partial charge in [-0.15, -0.1) is 0 Å². The summed E-state index contributed by atoms with van der Waals surface area (Å²) in [6.07, 6.45) is 0.877. The number of aryl methyl sites for hydroxylation is 1. The number of benzene rings is 1. The molecule has 1 aliphatic heterocycles. The monoisotopic (exact) mass is 324 g/mol. The van der Waals surface area contributed by atoms with Crippen LogP contribution in [0.3, 0.4) is 0 Å². The van der Waals surface area contributed by atoms with E-state index in [1.54, 1.807) is 0 Å². The number of hydrogen-bond donors (Lipinski definition) is 1. The van der Waals surface area contributed by atoms with Crippen molar-refractivity contribution in [3.63, 3.8) is 0 Å². The number of rotatable bonds is 4. The topological polar surface area (TPSA) is 61.1 Å². The number of aromatic nitrogens is 1. The minimum absolute atomic E-state index is 0.489. The van der Waals surface area contributed by atoms with Gasteiger partial charge in [0.15, 0.2) is 0 Å². The van der Waals surface area contributed by atoms with Crippen LogP contribution < -0.4 is 5.32 Å². The standard InChI is InChI=1S/C19H24N4O/c1-13-10-22(11-14(2)21-13)6-7-23-17(9-20)8-18-15(3)16(12-24)4-5-19(18)23/h4-5,8,12-14,21H,6-7,10-11H2,1-3H3/t13-,14-/m1/s1. The van der Waals surface area contributed by atoms with E-state index in [9.17, 15) is 10.1 Å². The van der Waals surface area contributed by atoms with Gasteiger partial charge < -0.3 is 9.88 Å². The molecule has 0 unspecified atom stereocenters. The zero-order valence-corrected chi connectivity index (χ0v) is 14.5. The molecule has 2 heterocycles. The van der Waals surface area contributed by atoms with Crippen LogP contribution in [0.2, 0.25) is 0 Å². The summed E-state index contributed by atoms with van der Waals surface area (Å²) in [5.74, 6) is 0. The van der Waals surface area contributed by atoms with Crippen LogP contribution in [-0.4, -0.2) is 47.5 Å². The van der Waals surface area contributed by atoms with Crippen LogP contribution in [0.4, 0.5) is 0 Å². The van der Waals surface area contributed by atoms with Crippen molar-refractivity contribution in [2.75, 3.05) is 19.6 Å². The molecule has 24 heavy (non-hydrogen) atoms. The summed E-state index contributed by atoms with van der Waals surface area (Å²) >= 11 is 0. The third-order valence-corrected chi connectivity index (χ3v) is 4.91. The predicted octanol–water partition coefficient (Wildman–Crippen LogP) is 2.32. The minimum Gasteiger partial charge on any atom is -0.331 e. The Morgan fingerprint density at radius 1 is 1.29 bits per heavy atom. The number of aldehydes is 1. The van der Waals surface area contributed by atoms with Gasteiger partial charge in [-0.3, -0.25) is 9.69 Å². The average Bonchev–Trinajstić information content (AvgIpc) is 2.91. The Morgan fingerprint density at radius 3 is 2.62 bits per heavy atom. The first-order valence-corrected chi connectivity index (χ1v) is 8.50. The van der Waals surface area contributed by atoms with Crippen LogP contribution in [0.5, 0.6) is 0 Å². The molecule has 0 aliphatic carbocycles. The quantitative estimate of drug-likeness (QED) is 0.877. The molecular formula is C19H24N4O. The van der Waals surface area contributed by atoms with Crippen molar-refractivity contribution in [1.82, 2.24) is 14.8 Å². The maximum Gasteiger partial charge on any atom is 0.150 e. The Hall–Kier alpha value is -2.16. The smallest absolute Gasteiger partial charge is 0.150 e. The lowest BCUT2D eigenvalue weighted by molar-refractivity contribution is 0.112. The second kappa shape index (κ2) is 6.76. The number of nitrogens with zero attached hydrogens (tertiary/aromatic N) is 3. The predicted molar refractivity (Wildman–Crippen MR) is 95.3 cm³/mol. The van der Waals surface area contributed by atoms with Crippen LogP contribution >= 0.6 is 0 Å². The van der Waals surface area contributed by atoms with E-state index in [2.05, 4.69) is 34.7 Å². The molecule has 0 spiro atoms. The van der Waals surface area contributed by atoms with Gasteiger partial charge in [-0.1, -0.05) is 0 Å². The lowest BCUT2D eigenvalue weighted by Gasteiger charge is -2.36. The van der Waals surface area contributed by atoms with Gasteiger partial charge >= 0.3 is 0 Å². The number of nitrogens with one attached hydrogen (secondary N) is 1. The van der Waals surface area contributed by atoms with E-state index in [1.807, 2.05) is 25.1 Å². The third-order valence-electron chi connectivity index (χ3n) is 4.91. The van der Waals surface area contributed by atoms with Crippen molar-refractivity contribution >= 4 is 17.2 Å².